The summed E-state index contributed by atoms with van der Waals surface area (Å²) in [5.74, 6) is 0.416. The van der Waals surface area contributed by atoms with Gasteiger partial charge in [-0.25, -0.2) is 8.42 Å². The lowest BCUT2D eigenvalue weighted by Gasteiger charge is -2.30. The van der Waals surface area contributed by atoms with Gasteiger partial charge in [-0.1, -0.05) is 6.92 Å². The van der Waals surface area contributed by atoms with Crippen molar-refractivity contribution in [3.8, 4) is 0 Å². The fraction of sp³-hybridized carbons (Fsp3) is 0.571. The molecule has 0 bridgehead atoms. The summed E-state index contributed by atoms with van der Waals surface area (Å²) in [4.78, 5) is -0.352. The van der Waals surface area contributed by atoms with E-state index < -0.39 is 21.8 Å². The second-order valence-corrected chi connectivity index (χ2v) is 7.68. The van der Waals surface area contributed by atoms with Crippen molar-refractivity contribution in [2.75, 3.05) is 18.8 Å². The van der Waals surface area contributed by atoms with Crippen LogP contribution in [0.5, 0.6) is 0 Å². The van der Waals surface area contributed by atoms with Gasteiger partial charge in [-0.3, -0.25) is 0 Å². The van der Waals surface area contributed by atoms with E-state index in [0.29, 0.717) is 37.9 Å². The van der Waals surface area contributed by atoms with Crippen molar-refractivity contribution in [2.24, 2.45) is 5.92 Å². The molecule has 2 N–H and O–H groups in total. The van der Waals surface area contributed by atoms with E-state index in [4.69, 9.17) is 5.73 Å². The minimum atomic E-state index is -4.64. The smallest absolute Gasteiger partial charge is 0.398 e. The Kier molecular flexibility index (Phi) is 4.45. The van der Waals surface area contributed by atoms with Crippen molar-refractivity contribution in [1.29, 1.82) is 0 Å². The lowest BCUT2D eigenvalue weighted by Crippen LogP contribution is -2.38. The van der Waals surface area contributed by atoms with Crippen LogP contribution in [0.3, 0.4) is 0 Å². The van der Waals surface area contributed by atoms with Crippen molar-refractivity contribution in [3.05, 3.63) is 23.3 Å². The number of hydrogen-bond donors (Lipinski definition) is 1. The lowest BCUT2D eigenvalue weighted by molar-refractivity contribution is -0.137. The molecule has 1 aliphatic heterocycles. The van der Waals surface area contributed by atoms with Crippen LogP contribution in [0.2, 0.25) is 0 Å². The van der Waals surface area contributed by atoms with Crippen LogP contribution < -0.4 is 5.73 Å². The van der Waals surface area contributed by atoms with Gasteiger partial charge in [0.2, 0.25) is 10.0 Å². The summed E-state index contributed by atoms with van der Waals surface area (Å²) in [6.07, 6.45) is -3.23. The van der Waals surface area contributed by atoms with Gasteiger partial charge >= 0.3 is 6.18 Å². The Balaban J connectivity index is 2.49. The van der Waals surface area contributed by atoms with E-state index in [1.54, 1.807) is 0 Å². The van der Waals surface area contributed by atoms with Gasteiger partial charge in [0, 0.05) is 18.8 Å². The highest BCUT2D eigenvalue weighted by Crippen LogP contribution is 2.36. The predicted molar refractivity (Wildman–Crippen MR) is 77.8 cm³/mol. The van der Waals surface area contributed by atoms with Crippen molar-refractivity contribution in [1.82, 2.24) is 4.31 Å². The van der Waals surface area contributed by atoms with Crippen LogP contribution in [-0.4, -0.2) is 25.8 Å². The average molecular weight is 336 g/mol. The molecule has 1 fully saturated rings. The van der Waals surface area contributed by atoms with Crippen LogP contribution in [0.1, 0.15) is 30.9 Å². The molecule has 22 heavy (non-hydrogen) atoms. The molecule has 0 aliphatic carbocycles. The summed E-state index contributed by atoms with van der Waals surface area (Å²) < 4.78 is 65.2. The fourth-order valence-electron chi connectivity index (χ4n) is 2.51. The maximum absolute atomic E-state index is 12.9. The number of sulfonamides is 1. The number of halogens is 3. The SMILES string of the molecule is Cc1c(N)cc(C(F)(F)F)cc1S(=O)(=O)N1CCC(C)CC1. The van der Waals surface area contributed by atoms with Gasteiger partial charge < -0.3 is 5.73 Å². The zero-order valence-corrected chi connectivity index (χ0v) is 13.3. The van der Waals surface area contributed by atoms with E-state index in [1.807, 2.05) is 6.92 Å². The minimum Gasteiger partial charge on any atom is -0.398 e. The molecule has 1 aliphatic rings. The number of piperidine rings is 1. The van der Waals surface area contributed by atoms with Crippen molar-refractivity contribution in [3.63, 3.8) is 0 Å². The molecule has 124 valence electrons. The first-order valence-electron chi connectivity index (χ1n) is 7.01. The topological polar surface area (TPSA) is 63.4 Å². The standard InChI is InChI=1S/C14H19F3N2O2S/c1-9-3-5-19(6-4-9)22(20,21)13-8-11(14(15,16)17)7-12(18)10(13)2/h7-9H,3-6,18H2,1-2H3. The van der Waals surface area contributed by atoms with Gasteiger partial charge in [-0.2, -0.15) is 17.5 Å². The summed E-state index contributed by atoms with van der Waals surface area (Å²) in [5, 5.41) is 0. The molecule has 2 rings (SSSR count). The molecule has 1 aromatic rings. The first-order chi connectivity index (χ1) is 10.0. The third kappa shape index (κ3) is 3.22. The molecule has 1 saturated heterocycles. The molecular formula is C14H19F3N2O2S. The Morgan fingerprint density at radius 2 is 1.77 bits per heavy atom. The molecule has 8 heteroatoms. The number of alkyl halides is 3. The normalized spacial score (nSPS) is 18.6. The van der Waals surface area contributed by atoms with Gasteiger partial charge in [0.15, 0.2) is 0 Å². The maximum atomic E-state index is 12.9. The number of rotatable bonds is 2. The molecular weight excluding hydrogens is 317 g/mol. The Hall–Kier alpha value is -1.28. The second kappa shape index (κ2) is 5.73. The molecule has 1 heterocycles. The Morgan fingerprint density at radius 3 is 2.27 bits per heavy atom. The Morgan fingerprint density at radius 1 is 1.23 bits per heavy atom. The Labute approximate surface area is 128 Å². The van der Waals surface area contributed by atoms with E-state index >= 15 is 0 Å². The molecule has 0 atom stereocenters. The van der Waals surface area contributed by atoms with Crippen LogP contribution in [-0.2, 0) is 16.2 Å². The van der Waals surface area contributed by atoms with Crippen LogP contribution in [0.4, 0.5) is 18.9 Å². The monoisotopic (exact) mass is 336 g/mol. The van der Waals surface area contributed by atoms with Crippen molar-refractivity contribution in [2.45, 2.75) is 37.8 Å². The number of nitrogens with zero attached hydrogens (tertiary/aromatic N) is 1. The third-order valence-corrected chi connectivity index (χ3v) is 6.11. The zero-order valence-electron chi connectivity index (χ0n) is 12.4. The van der Waals surface area contributed by atoms with Gasteiger partial charge in [0.05, 0.1) is 10.5 Å². The quantitative estimate of drug-likeness (QED) is 0.845. The molecule has 0 spiro atoms. The summed E-state index contributed by atoms with van der Waals surface area (Å²) in [6, 6.07) is 1.45. The van der Waals surface area contributed by atoms with E-state index in [0.717, 1.165) is 6.07 Å². The number of nitrogen functional groups attached to an aromatic ring is 1. The fourth-order valence-corrected chi connectivity index (χ4v) is 4.26. The Bertz CT molecular complexity index is 663. The van der Waals surface area contributed by atoms with E-state index in [2.05, 4.69) is 0 Å². The molecule has 0 unspecified atom stereocenters. The summed E-state index contributed by atoms with van der Waals surface area (Å²) in [7, 11) is -3.97. The molecule has 0 aromatic heterocycles. The predicted octanol–water partition coefficient (Wildman–Crippen LogP) is 3.02. The highest BCUT2D eigenvalue weighted by molar-refractivity contribution is 7.89. The van der Waals surface area contributed by atoms with E-state index in [1.165, 1.54) is 11.2 Å². The number of hydrogen-bond acceptors (Lipinski definition) is 3. The van der Waals surface area contributed by atoms with Gasteiger partial charge in [-0.15, -0.1) is 0 Å². The minimum absolute atomic E-state index is 0.159. The molecule has 0 amide bonds. The zero-order chi connectivity index (χ0) is 16.7. The van der Waals surface area contributed by atoms with Crippen LogP contribution in [0.25, 0.3) is 0 Å². The molecule has 1 aromatic carbocycles. The van der Waals surface area contributed by atoms with Gasteiger partial charge in [-0.05, 0) is 43.4 Å². The van der Waals surface area contributed by atoms with Gasteiger partial charge in [0.25, 0.3) is 0 Å². The van der Waals surface area contributed by atoms with Gasteiger partial charge in [0.1, 0.15) is 0 Å². The van der Waals surface area contributed by atoms with Crippen LogP contribution in [0, 0.1) is 12.8 Å². The third-order valence-electron chi connectivity index (χ3n) is 4.09. The maximum Gasteiger partial charge on any atom is 0.416 e. The first kappa shape index (κ1) is 17.1. The van der Waals surface area contributed by atoms with Crippen molar-refractivity contribution < 1.29 is 21.6 Å². The summed E-state index contributed by atoms with van der Waals surface area (Å²) in [5.41, 5.74) is 4.53. The average Bonchev–Trinajstić information content (AvgIpc) is 2.40. The molecule has 4 nitrogen and oxygen atoms in total. The van der Waals surface area contributed by atoms with Crippen LogP contribution >= 0.6 is 0 Å². The number of benzene rings is 1. The van der Waals surface area contributed by atoms with E-state index in [-0.39, 0.29) is 16.1 Å². The first-order valence-corrected chi connectivity index (χ1v) is 8.45. The molecule has 0 saturated carbocycles. The summed E-state index contributed by atoms with van der Waals surface area (Å²) >= 11 is 0. The second-order valence-electron chi connectivity index (χ2n) is 5.77. The number of nitrogens with two attached hydrogens (primary N) is 1. The molecule has 0 radical (unpaired) electrons. The van der Waals surface area contributed by atoms with E-state index in [9.17, 15) is 21.6 Å². The highest BCUT2D eigenvalue weighted by atomic mass is 32.2. The van der Waals surface area contributed by atoms with Crippen LogP contribution in [0.15, 0.2) is 17.0 Å². The lowest BCUT2D eigenvalue weighted by atomic mass is 10.0. The largest absolute Gasteiger partial charge is 0.416 e. The highest BCUT2D eigenvalue weighted by Gasteiger charge is 2.35. The summed E-state index contributed by atoms with van der Waals surface area (Å²) in [6.45, 7) is 4.09. The number of anilines is 1. The van der Waals surface area contributed by atoms with Crippen molar-refractivity contribution >= 4 is 15.7 Å².